The van der Waals surface area contributed by atoms with Gasteiger partial charge in [0.25, 0.3) is 0 Å². The highest BCUT2D eigenvalue weighted by Crippen LogP contribution is 2.24. The predicted molar refractivity (Wildman–Crippen MR) is 67.6 cm³/mol. The number of amides is 1. The smallest absolute Gasteiger partial charge is 0.417 e. The molecule has 0 aliphatic rings. The minimum absolute atomic E-state index is 0.240. The molecule has 1 unspecified atom stereocenters. The monoisotopic (exact) mass is 278 g/mol. The van der Waals surface area contributed by atoms with Crippen molar-refractivity contribution >= 4 is 32.8 Å². The fourth-order valence-corrected chi connectivity index (χ4v) is 1.26. The predicted octanol–water partition coefficient (Wildman–Crippen LogP) is 3.41. The van der Waals surface area contributed by atoms with Crippen molar-refractivity contribution in [2.45, 2.75) is 26.4 Å². The van der Waals surface area contributed by atoms with Gasteiger partial charge in [-0.15, -0.1) is 0 Å². The van der Waals surface area contributed by atoms with Gasteiger partial charge in [0.2, 0.25) is 0 Å². The topological polar surface area (TPSA) is 42.4 Å². The van der Waals surface area contributed by atoms with Crippen LogP contribution in [0.5, 0.6) is 0 Å². The summed E-state index contributed by atoms with van der Waals surface area (Å²) in [5, 5.41) is -0.240. The summed E-state index contributed by atoms with van der Waals surface area (Å²) in [5.41, 5.74) is -0.379. The fourth-order valence-electron chi connectivity index (χ4n) is 0.959. The van der Waals surface area contributed by atoms with E-state index in [1.807, 2.05) is 0 Å². The first-order chi connectivity index (χ1) is 7.70. The van der Waals surface area contributed by atoms with E-state index in [2.05, 4.69) is 14.4 Å². The Balaban J connectivity index is 2.85. The summed E-state index contributed by atoms with van der Waals surface area (Å²) in [5.74, 6) is -0.694. The van der Waals surface area contributed by atoms with E-state index < -0.39 is 17.5 Å². The van der Waals surface area contributed by atoms with Crippen molar-refractivity contribution < 1.29 is 13.9 Å². The van der Waals surface area contributed by atoms with Crippen molar-refractivity contribution in [1.29, 1.82) is 0 Å². The van der Waals surface area contributed by atoms with Gasteiger partial charge >= 0.3 is 6.09 Å². The van der Waals surface area contributed by atoms with Crippen molar-refractivity contribution in [3.05, 3.63) is 23.2 Å². The van der Waals surface area contributed by atoms with E-state index in [-0.39, 0.29) is 10.8 Å². The third-order valence-electron chi connectivity index (χ3n) is 1.65. The zero-order valence-corrected chi connectivity index (χ0v) is 11.6. The summed E-state index contributed by atoms with van der Waals surface area (Å²) in [6.07, 6.45) is 0.661. The Morgan fingerprint density at radius 3 is 2.65 bits per heavy atom. The maximum Gasteiger partial charge on any atom is 0.417 e. The highest BCUT2D eigenvalue weighted by molar-refractivity contribution is 7.21. The second-order valence-corrected chi connectivity index (χ2v) is 5.19. The first kappa shape index (κ1) is 14.1. The van der Waals surface area contributed by atoms with E-state index in [1.54, 1.807) is 20.8 Å². The molecule has 0 N–H and O–H groups in total. The molecule has 0 bridgehead atoms. The first-order valence-corrected chi connectivity index (χ1v) is 5.69. The number of halogens is 2. The normalized spacial score (nSPS) is 11.2. The molecule has 1 aromatic heterocycles. The van der Waals surface area contributed by atoms with Crippen LogP contribution in [-0.2, 0) is 4.74 Å². The summed E-state index contributed by atoms with van der Waals surface area (Å²) in [4.78, 5) is 15.3. The fraction of sp³-hybridized carbons (Fsp3) is 0.400. The van der Waals surface area contributed by atoms with E-state index in [9.17, 15) is 9.18 Å². The third kappa shape index (κ3) is 4.10. The Kier molecular flexibility index (Phi) is 4.28. The third-order valence-corrected chi connectivity index (χ3v) is 2.44. The first-order valence-electron chi connectivity index (χ1n) is 4.79. The van der Waals surface area contributed by atoms with Gasteiger partial charge in [-0.05, 0) is 30.2 Å². The number of aromatic nitrogens is 1. The lowest BCUT2D eigenvalue weighted by Crippen LogP contribution is -2.30. The summed E-state index contributed by atoms with van der Waals surface area (Å²) in [7, 11) is 2.14. The highest BCUT2D eigenvalue weighted by Gasteiger charge is 2.21. The molecule has 17 heavy (non-hydrogen) atoms. The van der Waals surface area contributed by atoms with Crippen molar-refractivity contribution in [2.24, 2.45) is 0 Å². The molecule has 7 heteroatoms. The van der Waals surface area contributed by atoms with Gasteiger partial charge in [0, 0.05) is 6.07 Å². The number of hydrogen-bond donors (Lipinski definition) is 0. The molecule has 1 heterocycles. The summed E-state index contributed by atoms with van der Waals surface area (Å²) in [6.45, 7) is 5.22. The van der Waals surface area contributed by atoms with Gasteiger partial charge in [-0.3, -0.25) is 4.67 Å². The SMILES string of the molecule is CC(C)(C)OC(=O)N(P)c1cnc(Cl)c(F)c1. The standard InChI is InChI=1S/C10H13ClFN2O2P/c1-10(2,3)16-9(15)14(17)6-4-7(12)8(11)13-5-6/h4-5H,17H2,1-3H3. The molecule has 0 saturated carbocycles. The van der Waals surface area contributed by atoms with E-state index in [0.29, 0.717) is 0 Å². The molecule has 0 saturated heterocycles. The average Bonchev–Trinajstić information content (AvgIpc) is 2.18. The van der Waals surface area contributed by atoms with Crippen LogP contribution in [0.3, 0.4) is 0 Å². The van der Waals surface area contributed by atoms with Gasteiger partial charge in [0.05, 0.1) is 11.9 Å². The molecule has 94 valence electrons. The van der Waals surface area contributed by atoms with Gasteiger partial charge in [-0.25, -0.2) is 14.2 Å². The van der Waals surface area contributed by atoms with E-state index in [0.717, 1.165) is 10.7 Å². The molecule has 4 nitrogen and oxygen atoms in total. The summed E-state index contributed by atoms with van der Waals surface area (Å²) in [6, 6.07) is 1.10. The molecule has 0 spiro atoms. The Morgan fingerprint density at radius 1 is 1.59 bits per heavy atom. The Hall–Kier alpha value is -0.930. The lowest BCUT2D eigenvalue weighted by atomic mass is 10.2. The van der Waals surface area contributed by atoms with Crippen LogP contribution in [0, 0.1) is 5.82 Å². The molecule has 0 radical (unpaired) electrons. The molecule has 1 atom stereocenters. The maximum absolute atomic E-state index is 13.2. The molecule has 1 amide bonds. The van der Waals surface area contributed by atoms with Crippen LogP contribution in [0.2, 0.25) is 5.15 Å². The summed E-state index contributed by atoms with van der Waals surface area (Å²) >= 11 is 5.44. The van der Waals surface area contributed by atoms with Gasteiger partial charge < -0.3 is 4.74 Å². The molecule has 0 aliphatic heterocycles. The van der Waals surface area contributed by atoms with E-state index in [4.69, 9.17) is 16.3 Å². The quantitative estimate of drug-likeness (QED) is 0.584. The zero-order valence-electron chi connectivity index (χ0n) is 9.70. The number of carbonyl (C=O) groups is 1. The van der Waals surface area contributed by atoms with E-state index in [1.165, 1.54) is 6.20 Å². The van der Waals surface area contributed by atoms with E-state index >= 15 is 0 Å². The van der Waals surface area contributed by atoms with Crippen LogP contribution in [-0.4, -0.2) is 16.7 Å². The van der Waals surface area contributed by atoms with Gasteiger partial charge in [0.15, 0.2) is 11.0 Å². The number of pyridine rings is 1. The number of carbonyl (C=O) groups excluding carboxylic acids is 1. The lowest BCUT2D eigenvalue weighted by molar-refractivity contribution is 0.0611. The largest absolute Gasteiger partial charge is 0.443 e. The number of hydrogen-bond acceptors (Lipinski definition) is 3. The minimum Gasteiger partial charge on any atom is -0.443 e. The Bertz CT molecular complexity index is 437. The molecular weight excluding hydrogens is 266 g/mol. The molecule has 0 aliphatic carbocycles. The van der Waals surface area contributed by atoms with Gasteiger partial charge in [-0.2, -0.15) is 0 Å². The van der Waals surface area contributed by atoms with Crippen LogP contribution < -0.4 is 4.67 Å². The van der Waals surface area contributed by atoms with Crippen LogP contribution >= 0.6 is 21.0 Å². The van der Waals surface area contributed by atoms with Crippen molar-refractivity contribution in [1.82, 2.24) is 4.98 Å². The van der Waals surface area contributed by atoms with Gasteiger partial charge in [0.1, 0.15) is 5.60 Å². The molecule has 0 aromatic carbocycles. The number of ether oxygens (including phenoxy) is 1. The number of anilines is 1. The second kappa shape index (κ2) is 5.15. The minimum atomic E-state index is -0.694. The van der Waals surface area contributed by atoms with Crippen LogP contribution in [0.1, 0.15) is 20.8 Å². The number of nitrogens with zero attached hydrogens (tertiary/aromatic N) is 2. The van der Waals surface area contributed by atoms with Crippen LogP contribution in [0.15, 0.2) is 12.3 Å². The van der Waals surface area contributed by atoms with Crippen LogP contribution in [0.4, 0.5) is 14.9 Å². The Labute approximate surface area is 106 Å². The van der Waals surface area contributed by atoms with Crippen LogP contribution in [0.25, 0.3) is 0 Å². The summed E-state index contributed by atoms with van der Waals surface area (Å²) < 4.78 is 19.3. The number of rotatable bonds is 1. The van der Waals surface area contributed by atoms with Crippen molar-refractivity contribution in [2.75, 3.05) is 4.67 Å². The molecule has 1 rings (SSSR count). The molecule has 0 fully saturated rings. The lowest BCUT2D eigenvalue weighted by Gasteiger charge is -2.24. The van der Waals surface area contributed by atoms with Crippen molar-refractivity contribution in [3.8, 4) is 0 Å². The van der Waals surface area contributed by atoms with Crippen molar-refractivity contribution in [3.63, 3.8) is 0 Å². The molecule has 1 aromatic rings. The zero-order chi connectivity index (χ0) is 13.2. The highest BCUT2D eigenvalue weighted by atomic mass is 35.5. The van der Waals surface area contributed by atoms with Gasteiger partial charge in [-0.1, -0.05) is 11.6 Å². The molecular formula is C10H13ClFN2O2P. The maximum atomic E-state index is 13.2. The second-order valence-electron chi connectivity index (χ2n) is 4.32. The Morgan fingerprint density at radius 2 is 2.18 bits per heavy atom. The average molecular weight is 279 g/mol.